The Morgan fingerprint density at radius 2 is 1.77 bits per heavy atom. The monoisotopic (exact) mass is 556 g/mol. The van der Waals surface area contributed by atoms with Gasteiger partial charge in [0.05, 0.1) is 11.8 Å². The van der Waals surface area contributed by atoms with Crippen molar-refractivity contribution in [2.45, 2.75) is 39.2 Å². The number of nitrogens with one attached hydrogen (secondary N) is 1. The number of amides is 2. The zero-order valence-corrected chi connectivity index (χ0v) is 24.0. The molecule has 3 atom stereocenters. The maximum atomic E-state index is 14.2. The zero-order valence-electron chi connectivity index (χ0n) is 23.1. The normalized spacial score (nSPS) is 20.4. The summed E-state index contributed by atoms with van der Waals surface area (Å²) in [6.45, 7) is 4.58. The topological polar surface area (TPSA) is 76.5 Å². The maximum absolute atomic E-state index is 14.2. The first-order chi connectivity index (χ1) is 19.6. The van der Waals surface area contributed by atoms with Crippen LogP contribution in [0.3, 0.4) is 0 Å². The lowest BCUT2D eigenvalue weighted by molar-refractivity contribution is -0.132. The third-order valence-corrected chi connectivity index (χ3v) is 9.44. The van der Waals surface area contributed by atoms with E-state index in [4.69, 9.17) is 9.72 Å². The van der Waals surface area contributed by atoms with E-state index >= 15 is 0 Å². The summed E-state index contributed by atoms with van der Waals surface area (Å²) in [5.74, 6) is 1.43. The predicted molar refractivity (Wildman–Crippen MR) is 159 cm³/mol. The van der Waals surface area contributed by atoms with E-state index in [1.807, 2.05) is 53.4 Å². The second kappa shape index (κ2) is 11.5. The Labute approximate surface area is 239 Å². The zero-order chi connectivity index (χ0) is 27.6. The van der Waals surface area contributed by atoms with Gasteiger partial charge in [0.25, 0.3) is 5.91 Å². The van der Waals surface area contributed by atoms with Crippen LogP contribution in [-0.4, -0.2) is 53.0 Å². The summed E-state index contributed by atoms with van der Waals surface area (Å²) in [5.41, 5.74) is 3.64. The smallest absolute Gasteiger partial charge is 0.270 e. The molecule has 2 aliphatic rings. The Morgan fingerprint density at radius 3 is 2.45 bits per heavy atom. The number of carbonyl (C=O) groups excluding carboxylic acids is 2. The molecule has 208 valence electrons. The summed E-state index contributed by atoms with van der Waals surface area (Å²) < 4.78 is 8.42. The second-order valence-corrected chi connectivity index (χ2v) is 12.0. The molecule has 4 aromatic rings. The Bertz CT molecular complexity index is 1480. The quantitative estimate of drug-likeness (QED) is 0.296. The fourth-order valence-electron chi connectivity index (χ4n) is 6.44. The number of benzene rings is 2. The van der Waals surface area contributed by atoms with Crippen molar-refractivity contribution in [2.24, 2.45) is 17.8 Å². The standard InChI is InChI=1S/C32H36N4O3S/c1-3-16-33-30(37)28-23-10-7-11-24(28)20-35(19-23)32(38)26-17-27-29(34-31(40-27)22-8-5-4-6-9-22)36(26)18-21-12-14-25(39-2)15-13-21/h4-6,8-9,12-15,17,23-24,28H,3,7,10-11,16,18-20H2,1-2H3,(H,33,37)/t23-,24+,28?. The molecule has 1 N–H and O–H groups in total. The minimum Gasteiger partial charge on any atom is -0.497 e. The molecule has 1 saturated heterocycles. The van der Waals surface area contributed by atoms with Crippen LogP contribution < -0.4 is 10.1 Å². The molecule has 1 unspecified atom stereocenters. The van der Waals surface area contributed by atoms with E-state index in [1.165, 1.54) is 0 Å². The number of likely N-dealkylation sites (tertiary alicyclic amines) is 1. The Hall–Kier alpha value is -3.65. The van der Waals surface area contributed by atoms with Crippen LogP contribution >= 0.6 is 11.3 Å². The van der Waals surface area contributed by atoms with Crippen molar-refractivity contribution in [2.75, 3.05) is 26.7 Å². The number of aromatic nitrogens is 2. The van der Waals surface area contributed by atoms with Crippen LogP contribution in [0.25, 0.3) is 20.9 Å². The van der Waals surface area contributed by atoms with Gasteiger partial charge in [-0.25, -0.2) is 4.98 Å². The number of fused-ring (bicyclic) bond motifs is 3. The number of nitrogens with zero attached hydrogens (tertiary/aromatic N) is 3. The van der Waals surface area contributed by atoms with Gasteiger partial charge in [-0.3, -0.25) is 9.59 Å². The molecule has 2 fully saturated rings. The molecule has 8 heteroatoms. The van der Waals surface area contributed by atoms with E-state index in [0.29, 0.717) is 31.9 Å². The molecule has 40 heavy (non-hydrogen) atoms. The van der Waals surface area contributed by atoms with Gasteiger partial charge in [0.2, 0.25) is 5.91 Å². The van der Waals surface area contributed by atoms with Crippen LogP contribution in [0.4, 0.5) is 0 Å². The molecule has 3 heterocycles. The molecule has 0 radical (unpaired) electrons. The fourth-order valence-corrected chi connectivity index (χ4v) is 7.45. The molecule has 2 aromatic heterocycles. The van der Waals surface area contributed by atoms with Crippen molar-refractivity contribution in [3.8, 4) is 16.3 Å². The van der Waals surface area contributed by atoms with Gasteiger partial charge in [0, 0.05) is 37.7 Å². The summed E-state index contributed by atoms with van der Waals surface area (Å²) in [4.78, 5) is 34.2. The van der Waals surface area contributed by atoms with Gasteiger partial charge in [-0.2, -0.15) is 0 Å². The third kappa shape index (κ3) is 5.12. The summed E-state index contributed by atoms with van der Waals surface area (Å²) in [6, 6.07) is 20.2. The van der Waals surface area contributed by atoms with Gasteiger partial charge < -0.3 is 19.5 Å². The molecular weight excluding hydrogens is 520 g/mol. The van der Waals surface area contributed by atoms with Crippen molar-refractivity contribution >= 4 is 33.5 Å². The van der Waals surface area contributed by atoms with Crippen LogP contribution in [0.1, 0.15) is 48.7 Å². The largest absolute Gasteiger partial charge is 0.497 e. The SMILES string of the molecule is CCCNC(=O)C1[C@@H]2CCC[C@H]1CN(C(=O)c1cc3sc(-c4ccccc4)nc3n1Cc1ccc(OC)cc1)C2. The van der Waals surface area contributed by atoms with Crippen molar-refractivity contribution in [1.29, 1.82) is 0 Å². The maximum Gasteiger partial charge on any atom is 0.270 e. The van der Waals surface area contributed by atoms with Crippen LogP contribution in [0, 0.1) is 17.8 Å². The molecule has 0 spiro atoms. The Kier molecular flexibility index (Phi) is 7.61. The third-order valence-electron chi connectivity index (χ3n) is 8.40. The minimum absolute atomic E-state index is 0.00836. The molecule has 2 bridgehead atoms. The Balaban J connectivity index is 1.32. The van der Waals surface area contributed by atoms with E-state index in [9.17, 15) is 9.59 Å². The van der Waals surface area contributed by atoms with E-state index in [2.05, 4.69) is 28.9 Å². The van der Waals surface area contributed by atoms with E-state index < -0.39 is 0 Å². The van der Waals surface area contributed by atoms with Crippen LogP contribution in [-0.2, 0) is 11.3 Å². The number of hydrogen-bond acceptors (Lipinski definition) is 5. The molecule has 2 amide bonds. The van der Waals surface area contributed by atoms with E-state index in [1.54, 1.807) is 18.4 Å². The molecule has 2 aromatic carbocycles. The first-order valence-corrected chi connectivity index (χ1v) is 15.1. The summed E-state index contributed by atoms with van der Waals surface area (Å²) in [7, 11) is 1.66. The van der Waals surface area contributed by atoms with Crippen molar-refractivity contribution in [3.63, 3.8) is 0 Å². The highest BCUT2D eigenvalue weighted by molar-refractivity contribution is 7.21. The number of hydrogen-bond donors (Lipinski definition) is 1. The first kappa shape index (κ1) is 26.6. The molecular formula is C32H36N4O3S. The lowest BCUT2D eigenvalue weighted by atomic mass is 9.68. The number of rotatable bonds is 8. The predicted octanol–water partition coefficient (Wildman–Crippen LogP) is 5.84. The summed E-state index contributed by atoms with van der Waals surface area (Å²) in [5, 5.41) is 4.07. The molecule has 6 rings (SSSR count). The molecule has 7 nitrogen and oxygen atoms in total. The van der Waals surface area contributed by atoms with Gasteiger partial charge in [-0.05, 0) is 54.9 Å². The van der Waals surface area contributed by atoms with Crippen LogP contribution in [0.5, 0.6) is 5.75 Å². The second-order valence-electron chi connectivity index (χ2n) is 11.0. The average Bonchev–Trinajstić information content (AvgIpc) is 3.55. The first-order valence-electron chi connectivity index (χ1n) is 14.3. The average molecular weight is 557 g/mol. The van der Waals surface area contributed by atoms with Crippen LogP contribution in [0.2, 0.25) is 0 Å². The number of thiazole rings is 1. The lowest BCUT2D eigenvalue weighted by Crippen LogP contribution is -2.55. The summed E-state index contributed by atoms with van der Waals surface area (Å²) in [6.07, 6.45) is 4.05. The van der Waals surface area contributed by atoms with Crippen molar-refractivity contribution in [1.82, 2.24) is 19.8 Å². The Morgan fingerprint density at radius 1 is 1.05 bits per heavy atom. The van der Waals surface area contributed by atoms with Gasteiger partial charge in [-0.15, -0.1) is 11.3 Å². The fraction of sp³-hybridized carbons (Fsp3) is 0.406. The number of ether oxygens (including phenoxy) is 1. The number of carbonyl (C=O) groups is 2. The van der Waals surface area contributed by atoms with Crippen molar-refractivity contribution in [3.05, 3.63) is 71.9 Å². The van der Waals surface area contributed by atoms with E-state index in [0.717, 1.165) is 57.9 Å². The highest BCUT2D eigenvalue weighted by Gasteiger charge is 2.44. The van der Waals surface area contributed by atoms with Gasteiger partial charge in [0.15, 0.2) is 5.65 Å². The molecule has 1 saturated carbocycles. The minimum atomic E-state index is 0.00836. The van der Waals surface area contributed by atoms with Gasteiger partial charge in [-0.1, -0.05) is 55.8 Å². The molecule has 1 aliphatic carbocycles. The van der Waals surface area contributed by atoms with Gasteiger partial charge >= 0.3 is 0 Å². The van der Waals surface area contributed by atoms with Crippen LogP contribution in [0.15, 0.2) is 60.7 Å². The van der Waals surface area contributed by atoms with Gasteiger partial charge in [0.1, 0.15) is 16.5 Å². The van der Waals surface area contributed by atoms with E-state index in [-0.39, 0.29) is 29.6 Å². The number of methoxy groups -OCH3 is 1. The highest BCUT2D eigenvalue weighted by Crippen LogP contribution is 2.41. The highest BCUT2D eigenvalue weighted by atomic mass is 32.1. The summed E-state index contributed by atoms with van der Waals surface area (Å²) >= 11 is 1.62. The number of piperidine rings is 1. The van der Waals surface area contributed by atoms with Crippen molar-refractivity contribution < 1.29 is 14.3 Å². The lowest BCUT2D eigenvalue weighted by Gasteiger charge is -2.46. The molecule has 1 aliphatic heterocycles.